The van der Waals surface area contributed by atoms with Crippen molar-refractivity contribution in [3.63, 3.8) is 0 Å². The zero-order valence-corrected chi connectivity index (χ0v) is 17.4. The van der Waals surface area contributed by atoms with E-state index in [-0.39, 0.29) is 23.0 Å². The lowest BCUT2D eigenvalue weighted by molar-refractivity contribution is -0.274. The average molecular weight is 431 g/mol. The van der Waals surface area contributed by atoms with Crippen LogP contribution in [0.5, 0.6) is 5.75 Å². The lowest BCUT2D eigenvalue weighted by Gasteiger charge is -2.34. The van der Waals surface area contributed by atoms with Crippen LogP contribution in [0.15, 0.2) is 47.0 Å². The zero-order valence-electron chi connectivity index (χ0n) is 17.4. The van der Waals surface area contributed by atoms with Crippen LogP contribution in [0.3, 0.4) is 0 Å². The Morgan fingerprint density at radius 2 is 1.81 bits per heavy atom. The number of ether oxygens (including phenoxy) is 1. The normalized spacial score (nSPS) is 15.1. The average Bonchev–Trinajstić information content (AvgIpc) is 3.23. The van der Waals surface area contributed by atoms with Crippen LogP contribution in [-0.4, -0.2) is 29.6 Å². The summed E-state index contributed by atoms with van der Waals surface area (Å²) in [5.74, 6) is -0.0920. The number of para-hydroxylation sites is 1. The highest BCUT2D eigenvalue weighted by Crippen LogP contribution is 2.34. The van der Waals surface area contributed by atoms with Crippen LogP contribution >= 0.6 is 0 Å². The predicted molar refractivity (Wildman–Crippen MR) is 112 cm³/mol. The molecule has 5 nitrogen and oxygen atoms in total. The van der Waals surface area contributed by atoms with E-state index in [1.54, 1.807) is 6.07 Å². The molecule has 0 bridgehead atoms. The third-order valence-corrected chi connectivity index (χ3v) is 5.73. The van der Waals surface area contributed by atoms with E-state index in [0.29, 0.717) is 11.6 Å². The second kappa shape index (κ2) is 8.61. The van der Waals surface area contributed by atoms with Crippen molar-refractivity contribution >= 4 is 5.69 Å². The maximum Gasteiger partial charge on any atom is 0.573 e. The monoisotopic (exact) mass is 431 g/mol. The molecule has 164 valence electrons. The first kappa shape index (κ1) is 21.2. The van der Waals surface area contributed by atoms with Crippen LogP contribution in [0.4, 0.5) is 18.9 Å². The summed E-state index contributed by atoms with van der Waals surface area (Å²) in [6.45, 7) is 2.03. The molecule has 31 heavy (non-hydrogen) atoms. The first-order chi connectivity index (χ1) is 14.8. The molecular weight excluding hydrogens is 407 g/mol. The Kier molecular flexibility index (Phi) is 5.89. The molecule has 8 heteroatoms. The van der Waals surface area contributed by atoms with Crippen molar-refractivity contribution in [3.05, 3.63) is 48.0 Å². The smallest absolute Gasteiger partial charge is 0.405 e. The summed E-state index contributed by atoms with van der Waals surface area (Å²) < 4.78 is 47.5. The molecule has 0 N–H and O–H groups in total. The molecule has 1 aliphatic rings. The van der Waals surface area contributed by atoms with Gasteiger partial charge in [-0.1, -0.05) is 36.6 Å². The maximum absolute atomic E-state index is 12.7. The quantitative estimate of drug-likeness (QED) is 0.469. The van der Waals surface area contributed by atoms with Gasteiger partial charge in [-0.2, -0.15) is 4.98 Å². The van der Waals surface area contributed by atoms with Gasteiger partial charge in [-0.3, -0.25) is 0 Å². The zero-order chi connectivity index (χ0) is 22.0. The van der Waals surface area contributed by atoms with Crippen LogP contribution in [-0.2, 0) is 0 Å². The number of anilines is 1. The van der Waals surface area contributed by atoms with E-state index < -0.39 is 6.36 Å². The SMILES string of the molecule is Cc1cc(-c2nc(-c3ccccc3OC(F)(F)F)no2)ccc1N(C)C1CCCCC1. The molecule has 1 heterocycles. The fourth-order valence-corrected chi connectivity index (χ4v) is 4.16. The van der Waals surface area contributed by atoms with Crippen LogP contribution in [0.1, 0.15) is 37.7 Å². The molecule has 0 aliphatic heterocycles. The highest BCUT2D eigenvalue weighted by atomic mass is 19.4. The summed E-state index contributed by atoms with van der Waals surface area (Å²) in [6.07, 6.45) is 1.42. The number of halogens is 3. The minimum atomic E-state index is -4.81. The summed E-state index contributed by atoms with van der Waals surface area (Å²) in [5, 5.41) is 3.87. The number of alkyl halides is 3. The molecule has 4 rings (SSSR count). The Hall–Kier alpha value is -3.03. The number of rotatable bonds is 5. The van der Waals surface area contributed by atoms with Crippen LogP contribution in [0.25, 0.3) is 22.8 Å². The Morgan fingerprint density at radius 3 is 2.52 bits per heavy atom. The van der Waals surface area contributed by atoms with Gasteiger partial charge in [0.15, 0.2) is 0 Å². The molecule has 0 amide bonds. The first-order valence-electron chi connectivity index (χ1n) is 10.3. The standard InChI is InChI=1S/C23H24F3N3O2/c1-15-14-16(12-13-19(15)29(2)17-8-4-3-5-9-17)22-27-21(28-31-22)18-10-6-7-11-20(18)30-23(24,25)26/h6-7,10-14,17H,3-5,8-9H2,1-2H3. The highest BCUT2D eigenvalue weighted by Gasteiger charge is 2.32. The van der Waals surface area contributed by atoms with Crippen LogP contribution in [0, 0.1) is 6.92 Å². The number of benzene rings is 2. The molecular formula is C23H24F3N3O2. The molecule has 0 atom stereocenters. The molecule has 1 aliphatic carbocycles. The minimum Gasteiger partial charge on any atom is -0.405 e. The van der Waals surface area contributed by atoms with Gasteiger partial charge in [0.1, 0.15) is 5.75 Å². The maximum atomic E-state index is 12.7. The lowest BCUT2D eigenvalue weighted by atomic mass is 9.93. The molecule has 3 aromatic rings. The van der Waals surface area contributed by atoms with Crippen molar-refractivity contribution in [2.75, 3.05) is 11.9 Å². The predicted octanol–water partition coefficient (Wildman–Crippen LogP) is 6.38. The number of nitrogens with zero attached hydrogens (tertiary/aromatic N) is 3. The Labute approximate surface area is 178 Å². The summed E-state index contributed by atoms with van der Waals surface area (Å²) in [6, 6.07) is 12.2. The summed E-state index contributed by atoms with van der Waals surface area (Å²) in [5.41, 5.74) is 3.05. The van der Waals surface area contributed by atoms with E-state index in [9.17, 15) is 13.2 Å². The molecule has 0 radical (unpaired) electrons. The Bertz CT molecular complexity index is 1040. The highest BCUT2D eigenvalue weighted by molar-refractivity contribution is 5.68. The molecule has 0 unspecified atom stereocenters. The fourth-order valence-electron chi connectivity index (χ4n) is 4.16. The Balaban J connectivity index is 1.58. The third-order valence-electron chi connectivity index (χ3n) is 5.73. The number of aromatic nitrogens is 2. The topological polar surface area (TPSA) is 51.4 Å². The fraction of sp³-hybridized carbons (Fsp3) is 0.391. The first-order valence-corrected chi connectivity index (χ1v) is 10.3. The van der Waals surface area contributed by atoms with Crippen LogP contribution in [0.2, 0.25) is 0 Å². The summed E-state index contributed by atoms with van der Waals surface area (Å²) in [4.78, 5) is 6.64. The van der Waals surface area contributed by atoms with Gasteiger partial charge in [-0.05, 0) is 55.7 Å². The Morgan fingerprint density at radius 1 is 1.06 bits per heavy atom. The van der Waals surface area contributed by atoms with Gasteiger partial charge in [0.05, 0.1) is 5.56 Å². The van der Waals surface area contributed by atoms with E-state index in [1.807, 2.05) is 25.1 Å². The van der Waals surface area contributed by atoms with Gasteiger partial charge in [-0.25, -0.2) is 0 Å². The van der Waals surface area contributed by atoms with Crippen molar-refractivity contribution in [3.8, 4) is 28.6 Å². The van der Waals surface area contributed by atoms with Crippen molar-refractivity contribution in [2.24, 2.45) is 0 Å². The largest absolute Gasteiger partial charge is 0.573 e. The number of aryl methyl sites for hydroxylation is 1. The molecule has 1 aromatic heterocycles. The molecule has 1 fully saturated rings. The molecule has 0 saturated heterocycles. The van der Waals surface area contributed by atoms with E-state index in [0.717, 1.165) is 11.3 Å². The van der Waals surface area contributed by atoms with Crippen molar-refractivity contribution < 1.29 is 22.4 Å². The van der Waals surface area contributed by atoms with Gasteiger partial charge < -0.3 is 14.2 Å². The molecule has 2 aromatic carbocycles. The summed E-state index contributed by atoms with van der Waals surface area (Å²) in [7, 11) is 2.13. The second-order valence-corrected chi connectivity index (χ2v) is 7.87. The van der Waals surface area contributed by atoms with Gasteiger partial charge in [0, 0.05) is 24.3 Å². The van der Waals surface area contributed by atoms with Gasteiger partial charge >= 0.3 is 6.36 Å². The van der Waals surface area contributed by atoms with Gasteiger partial charge in [-0.15, -0.1) is 13.2 Å². The van der Waals surface area contributed by atoms with E-state index in [4.69, 9.17) is 4.52 Å². The molecule has 0 spiro atoms. The minimum absolute atomic E-state index is 0.0379. The van der Waals surface area contributed by atoms with E-state index in [2.05, 4.69) is 26.8 Å². The number of hydrogen-bond donors (Lipinski definition) is 0. The third kappa shape index (κ3) is 4.84. The van der Waals surface area contributed by atoms with Crippen molar-refractivity contribution in [1.29, 1.82) is 0 Å². The van der Waals surface area contributed by atoms with Crippen LogP contribution < -0.4 is 9.64 Å². The van der Waals surface area contributed by atoms with Crippen molar-refractivity contribution in [2.45, 2.75) is 51.4 Å². The van der Waals surface area contributed by atoms with E-state index >= 15 is 0 Å². The van der Waals surface area contributed by atoms with E-state index in [1.165, 1.54) is 50.3 Å². The summed E-state index contributed by atoms with van der Waals surface area (Å²) >= 11 is 0. The lowest BCUT2D eigenvalue weighted by Crippen LogP contribution is -2.33. The van der Waals surface area contributed by atoms with Gasteiger partial charge in [0.2, 0.25) is 5.82 Å². The van der Waals surface area contributed by atoms with Gasteiger partial charge in [0.25, 0.3) is 5.89 Å². The molecule has 1 saturated carbocycles. The van der Waals surface area contributed by atoms with Crippen molar-refractivity contribution in [1.82, 2.24) is 10.1 Å². The number of hydrogen-bond acceptors (Lipinski definition) is 5. The second-order valence-electron chi connectivity index (χ2n) is 7.87.